The fourth-order valence-corrected chi connectivity index (χ4v) is 3.48. The Balaban J connectivity index is 1.95. The van der Waals surface area contributed by atoms with Crippen LogP contribution in [0.3, 0.4) is 0 Å². The second-order valence-corrected chi connectivity index (χ2v) is 7.59. The third-order valence-corrected chi connectivity index (χ3v) is 5.27. The van der Waals surface area contributed by atoms with Crippen molar-refractivity contribution in [2.75, 3.05) is 13.2 Å². The molecule has 26 heavy (non-hydrogen) atoms. The molecule has 1 fully saturated rings. The molecule has 0 aromatic heterocycles. The maximum absolute atomic E-state index is 9.93. The van der Waals surface area contributed by atoms with Crippen LogP contribution in [0, 0.1) is 0 Å². The zero-order valence-corrected chi connectivity index (χ0v) is 16.5. The Morgan fingerprint density at radius 3 is 1.69 bits per heavy atom. The monoisotopic (exact) mass is 375 g/mol. The molecule has 1 aliphatic rings. The Morgan fingerprint density at radius 1 is 0.692 bits per heavy atom. The van der Waals surface area contributed by atoms with E-state index in [0.29, 0.717) is 6.54 Å². The molecular formula is C20H41NO5. The van der Waals surface area contributed by atoms with Gasteiger partial charge in [-0.3, -0.25) is 5.32 Å². The molecule has 0 aromatic rings. The topological polar surface area (TPSA) is 102 Å². The summed E-state index contributed by atoms with van der Waals surface area (Å²) in [6, 6.07) is 0. The van der Waals surface area contributed by atoms with Crippen LogP contribution in [0.15, 0.2) is 0 Å². The van der Waals surface area contributed by atoms with Gasteiger partial charge in [0.1, 0.15) is 30.6 Å². The first-order valence-electron chi connectivity index (χ1n) is 10.7. The van der Waals surface area contributed by atoms with Gasteiger partial charge in [0.2, 0.25) is 0 Å². The number of hydrogen-bond donors (Lipinski definition) is 5. The minimum absolute atomic E-state index is 0.387. The van der Waals surface area contributed by atoms with Crippen LogP contribution in [0.5, 0.6) is 0 Å². The summed E-state index contributed by atoms with van der Waals surface area (Å²) in [6.07, 6.45) is 10.1. The lowest BCUT2D eigenvalue weighted by atomic mass is 9.98. The van der Waals surface area contributed by atoms with E-state index in [1.54, 1.807) is 0 Å². The molecule has 0 aliphatic carbocycles. The molecule has 0 aromatic carbocycles. The van der Waals surface area contributed by atoms with Crippen LogP contribution in [0.1, 0.15) is 84.0 Å². The van der Waals surface area contributed by atoms with Gasteiger partial charge in [-0.25, -0.2) is 0 Å². The van der Waals surface area contributed by atoms with Gasteiger partial charge in [-0.2, -0.15) is 0 Å². The lowest BCUT2D eigenvalue weighted by Gasteiger charge is -2.40. The van der Waals surface area contributed by atoms with E-state index in [0.717, 1.165) is 12.8 Å². The Kier molecular flexibility index (Phi) is 13.5. The number of ether oxygens (including phenoxy) is 1. The third kappa shape index (κ3) is 9.11. The highest BCUT2D eigenvalue weighted by molar-refractivity contribution is 4.90. The SMILES string of the molecule is CCCCCCCCCCCCCCN[C@@H]1O[C@H](CO)[C@@H](O)[C@H](O)[C@@H]1O. The van der Waals surface area contributed by atoms with Gasteiger partial charge in [-0.15, -0.1) is 0 Å². The number of aliphatic hydroxyl groups excluding tert-OH is 4. The van der Waals surface area contributed by atoms with Gasteiger partial charge in [0.15, 0.2) is 0 Å². The Morgan fingerprint density at radius 2 is 1.19 bits per heavy atom. The molecule has 1 rings (SSSR count). The average Bonchev–Trinajstić information content (AvgIpc) is 2.65. The van der Waals surface area contributed by atoms with Gasteiger partial charge in [-0.1, -0.05) is 77.6 Å². The van der Waals surface area contributed by atoms with E-state index in [9.17, 15) is 15.3 Å². The van der Waals surface area contributed by atoms with E-state index >= 15 is 0 Å². The smallest absolute Gasteiger partial charge is 0.137 e. The summed E-state index contributed by atoms with van der Waals surface area (Å²) >= 11 is 0. The summed E-state index contributed by atoms with van der Waals surface area (Å²) in [5, 5.41) is 41.6. The van der Waals surface area contributed by atoms with Gasteiger partial charge in [0.25, 0.3) is 0 Å². The van der Waals surface area contributed by atoms with Crippen LogP contribution in [-0.2, 0) is 4.74 Å². The highest BCUT2D eigenvalue weighted by Crippen LogP contribution is 2.19. The van der Waals surface area contributed by atoms with E-state index in [1.807, 2.05) is 0 Å². The first-order chi connectivity index (χ1) is 12.6. The van der Waals surface area contributed by atoms with Gasteiger partial charge in [-0.05, 0) is 13.0 Å². The average molecular weight is 376 g/mol. The van der Waals surface area contributed by atoms with Crippen LogP contribution in [0.25, 0.3) is 0 Å². The molecule has 1 saturated heterocycles. The summed E-state index contributed by atoms with van der Waals surface area (Å²) in [7, 11) is 0. The zero-order valence-electron chi connectivity index (χ0n) is 16.5. The Bertz CT molecular complexity index is 329. The first kappa shape index (κ1) is 23.8. The van der Waals surface area contributed by atoms with E-state index < -0.39 is 30.6 Å². The summed E-state index contributed by atoms with van der Waals surface area (Å²) in [5.41, 5.74) is 0. The predicted molar refractivity (Wildman–Crippen MR) is 103 cm³/mol. The van der Waals surface area contributed by atoms with Gasteiger partial charge in [0, 0.05) is 0 Å². The molecule has 0 radical (unpaired) electrons. The highest BCUT2D eigenvalue weighted by atomic mass is 16.6. The van der Waals surface area contributed by atoms with Crippen molar-refractivity contribution in [1.82, 2.24) is 5.32 Å². The van der Waals surface area contributed by atoms with Crippen LogP contribution in [-0.4, -0.2) is 64.2 Å². The molecule has 5 atom stereocenters. The number of aliphatic hydroxyl groups is 4. The van der Waals surface area contributed by atoms with Crippen molar-refractivity contribution in [3.63, 3.8) is 0 Å². The lowest BCUT2D eigenvalue weighted by Crippen LogP contribution is -2.62. The number of hydrogen-bond acceptors (Lipinski definition) is 6. The predicted octanol–water partition coefficient (Wildman–Crippen LogP) is 2.08. The van der Waals surface area contributed by atoms with Gasteiger partial charge in [0.05, 0.1) is 6.61 Å². The fraction of sp³-hybridized carbons (Fsp3) is 1.00. The maximum Gasteiger partial charge on any atom is 0.137 e. The third-order valence-electron chi connectivity index (χ3n) is 5.27. The first-order valence-corrected chi connectivity index (χ1v) is 10.7. The molecule has 0 spiro atoms. The molecule has 156 valence electrons. The Labute approximate surface area is 159 Å². The van der Waals surface area contributed by atoms with Crippen molar-refractivity contribution in [3.8, 4) is 0 Å². The Hall–Kier alpha value is -0.240. The van der Waals surface area contributed by atoms with Crippen LogP contribution >= 0.6 is 0 Å². The standard InChI is InChI=1S/C20H41NO5/c1-2-3-4-5-6-7-8-9-10-11-12-13-14-21-20-19(25)18(24)17(23)16(15-22)26-20/h16-25H,2-15H2,1H3/t16-,17-,18+,19+,20-/m1/s1. The minimum atomic E-state index is -1.31. The molecule has 0 unspecified atom stereocenters. The van der Waals surface area contributed by atoms with E-state index in [1.165, 1.54) is 64.2 Å². The van der Waals surface area contributed by atoms with Crippen molar-refractivity contribution in [2.24, 2.45) is 0 Å². The summed E-state index contributed by atoms with van der Waals surface area (Å²) in [6.45, 7) is 2.54. The highest BCUT2D eigenvalue weighted by Gasteiger charge is 2.42. The molecule has 6 heteroatoms. The van der Waals surface area contributed by atoms with Crippen LogP contribution in [0.4, 0.5) is 0 Å². The largest absolute Gasteiger partial charge is 0.394 e. The molecule has 0 amide bonds. The molecule has 1 heterocycles. The summed E-state index contributed by atoms with van der Waals surface area (Å²) < 4.78 is 5.42. The van der Waals surface area contributed by atoms with Gasteiger partial charge >= 0.3 is 0 Å². The molecule has 6 nitrogen and oxygen atoms in total. The number of nitrogens with one attached hydrogen (secondary N) is 1. The molecule has 1 aliphatic heterocycles. The van der Waals surface area contributed by atoms with Crippen LogP contribution in [0.2, 0.25) is 0 Å². The molecular weight excluding hydrogens is 334 g/mol. The zero-order chi connectivity index (χ0) is 19.2. The number of rotatable bonds is 15. The maximum atomic E-state index is 9.93. The number of unbranched alkanes of at least 4 members (excludes halogenated alkanes) is 11. The summed E-state index contributed by atoms with van der Waals surface area (Å²) in [4.78, 5) is 0. The second-order valence-electron chi connectivity index (χ2n) is 7.59. The van der Waals surface area contributed by atoms with E-state index in [4.69, 9.17) is 9.84 Å². The fourth-order valence-electron chi connectivity index (χ4n) is 3.48. The normalized spacial score (nSPS) is 29.2. The molecule has 0 bridgehead atoms. The van der Waals surface area contributed by atoms with Crippen molar-refractivity contribution in [1.29, 1.82) is 0 Å². The van der Waals surface area contributed by atoms with Gasteiger partial charge < -0.3 is 25.2 Å². The second kappa shape index (κ2) is 14.8. The van der Waals surface area contributed by atoms with Crippen molar-refractivity contribution < 1.29 is 25.2 Å². The van der Waals surface area contributed by atoms with Crippen LogP contribution < -0.4 is 5.32 Å². The van der Waals surface area contributed by atoms with E-state index in [2.05, 4.69) is 12.2 Å². The van der Waals surface area contributed by atoms with E-state index in [-0.39, 0.29) is 6.61 Å². The quantitative estimate of drug-likeness (QED) is 0.281. The van der Waals surface area contributed by atoms with Crippen molar-refractivity contribution in [2.45, 2.75) is 115 Å². The lowest BCUT2D eigenvalue weighted by molar-refractivity contribution is -0.236. The van der Waals surface area contributed by atoms with Crippen molar-refractivity contribution >= 4 is 0 Å². The van der Waals surface area contributed by atoms with Crippen molar-refractivity contribution in [3.05, 3.63) is 0 Å². The molecule has 5 N–H and O–H groups in total. The minimum Gasteiger partial charge on any atom is -0.394 e. The summed E-state index contributed by atoms with van der Waals surface area (Å²) in [5.74, 6) is 0. The molecule has 0 saturated carbocycles.